The number of rotatable bonds is 1. The van der Waals surface area contributed by atoms with Gasteiger partial charge >= 0.3 is 0 Å². The van der Waals surface area contributed by atoms with Gasteiger partial charge in [0.15, 0.2) is 0 Å². The molecule has 14 heavy (non-hydrogen) atoms. The fourth-order valence-corrected chi connectivity index (χ4v) is 1.47. The average Bonchev–Trinajstić information content (AvgIpc) is 2.51. The summed E-state index contributed by atoms with van der Waals surface area (Å²) in [6, 6.07) is 6.37. The number of nitrogen functional groups attached to an aromatic ring is 1. The molecule has 72 valence electrons. The summed E-state index contributed by atoms with van der Waals surface area (Å²) >= 11 is 3.18. The molecule has 3 nitrogen and oxygen atoms in total. The van der Waals surface area contributed by atoms with E-state index in [2.05, 4.69) is 21.0 Å². The van der Waals surface area contributed by atoms with E-state index in [1.165, 1.54) is 10.7 Å². The summed E-state index contributed by atoms with van der Waals surface area (Å²) in [6.45, 7) is 0. The van der Waals surface area contributed by atoms with Gasteiger partial charge in [-0.05, 0) is 18.2 Å². The predicted molar refractivity (Wildman–Crippen MR) is 55.6 cm³/mol. The van der Waals surface area contributed by atoms with Crippen LogP contribution in [0.15, 0.2) is 34.9 Å². The van der Waals surface area contributed by atoms with Gasteiger partial charge in [0.1, 0.15) is 17.3 Å². The van der Waals surface area contributed by atoms with E-state index in [9.17, 15) is 4.39 Å². The lowest BCUT2D eigenvalue weighted by Gasteiger charge is -2.02. The summed E-state index contributed by atoms with van der Waals surface area (Å²) in [4.78, 5) is 0. The summed E-state index contributed by atoms with van der Waals surface area (Å²) in [7, 11) is 0. The number of anilines is 1. The van der Waals surface area contributed by atoms with Crippen molar-refractivity contribution in [2.75, 3.05) is 5.73 Å². The van der Waals surface area contributed by atoms with Crippen LogP contribution in [0.4, 0.5) is 10.2 Å². The number of nitrogens with zero attached hydrogens (tertiary/aromatic N) is 2. The van der Waals surface area contributed by atoms with Gasteiger partial charge in [-0.2, -0.15) is 5.10 Å². The van der Waals surface area contributed by atoms with Crippen LogP contribution < -0.4 is 5.73 Å². The van der Waals surface area contributed by atoms with Crippen LogP contribution in [0.1, 0.15) is 0 Å². The Morgan fingerprint density at radius 1 is 1.36 bits per heavy atom. The molecule has 0 fully saturated rings. The fraction of sp³-hybridized carbons (Fsp3) is 0. The predicted octanol–water partition coefficient (Wildman–Crippen LogP) is 2.36. The van der Waals surface area contributed by atoms with Gasteiger partial charge in [0.2, 0.25) is 0 Å². The van der Waals surface area contributed by atoms with Gasteiger partial charge < -0.3 is 5.73 Å². The van der Waals surface area contributed by atoms with Gasteiger partial charge in [-0.3, -0.25) is 0 Å². The Bertz CT molecular complexity index is 467. The molecule has 1 heterocycles. The molecule has 2 aromatic rings. The zero-order chi connectivity index (χ0) is 10.1. The van der Waals surface area contributed by atoms with Crippen LogP contribution in [0.2, 0.25) is 0 Å². The monoisotopic (exact) mass is 255 g/mol. The molecule has 0 aliphatic heterocycles. The van der Waals surface area contributed by atoms with Crippen LogP contribution >= 0.6 is 15.9 Å². The molecule has 0 aliphatic rings. The van der Waals surface area contributed by atoms with Crippen molar-refractivity contribution >= 4 is 21.7 Å². The maximum Gasteiger partial charge on any atom is 0.149 e. The summed E-state index contributed by atoms with van der Waals surface area (Å²) in [6.07, 6.45) is 1.61. The highest BCUT2D eigenvalue weighted by atomic mass is 79.9. The first-order valence-electron chi connectivity index (χ1n) is 3.93. The van der Waals surface area contributed by atoms with Gasteiger partial charge in [0.05, 0.1) is 0 Å². The second-order valence-electron chi connectivity index (χ2n) is 2.78. The molecular formula is C9H7BrFN3. The number of hydrogen-bond donors (Lipinski definition) is 1. The van der Waals surface area contributed by atoms with Crippen molar-refractivity contribution in [3.8, 4) is 5.69 Å². The van der Waals surface area contributed by atoms with E-state index in [1.54, 1.807) is 24.4 Å². The minimum atomic E-state index is -0.345. The standard InChI is InChI=1S/C9H7BrFN3/c10-6-1-2-8(7(11)5-6)14-4-3-9(12)13-14/h1-5H,(H2,12,13). The lowest BCUT2D eigenvalue weighted by atomic mass is 10.3. The molecule has 0 amide bonds. The molecule has 0 radical (unpaired) electrons. The third kappa shape index (κ3) is 1.63. The van der Waals surface area contributed by atoms with Gasteiger partial charge in [0.25, 0.3) is 0 Å². The number of benzene rings is 1. The normalized spacial score (nSPS) is 10.4. The van der Waals surface area contributed by atoms with Crippen molar-refractivity contribution in [2.45, 2.75) is 0 Å². The van der Waals surface area contributed by atoms with Gasteiger partial charge in [-0.25, -0.2) is 9.07 Å². The highest BCUT2D eigenvalue weighted by Gasteiger charge is 2.05. The molecule has 0 aliphatic carbocycles. The Balaban J connectivity index is 2.52. The molecule has 0 saturated heterocycles. The average molecular weight is 256 g/mol. The van der Waals surface area contributed by atoms with Crippen molar-refractivity contribution < 1.29 is 4.39 Å². The van der Waals surface area contributed by atoms with Crippen molar-refractivity contribution in [3.05, 3.63) is 40.8 Å². The SMILES string of the molecule is Nc1ccn(-c2ccc(Br)cc2F)n1. The molecule has 0 bridgehead atoms. The van der Waals surface area contributed by atoms with Gasteiger partial charge in [-0.15, -0.1) is 0 Å². The lowest BCUT2D eigenvalue weighted by Crippen LogP contribution is -1.99. The number of halogens is 2. The summed E-state index contributed by atoms with van der Waals surface area (Å²) < 4.78 is 15.5. The molecule has 2 rings (SSSR count). The van der Waals surface area contributed by atoms with Crippen LogP contribution in [0, 0.1) is 5.82 Å². The van der Waals surface area contributed by atoms with Crippen LogP contribution in [0.5, 0.6) is 0 Å². The molecule has 2 N–H and O–H groups in total. The zero-order valence-corrected chi connectivity index (χ0v) is 8.70. The first-order chi connectivity index (χ1) is 6.66. The highest BCUT2D eigenvalue weighted by molar-refractivity contribution is 9.10. The number of hydrogen-bond acceptors (Lipinski definition) is 2. The van der Waals surface area contributed by atoms with Crippen molar-refractivity contribution in [3.63, 3.8) is 0 Å². The maximum atomic E-state index is 13.4. The minimum absolute atomic E-state index is 0.345. The second-order valence-corrected chi connectivity index (χ2v) is 3.70. The van der Waals surface area contributed by atoms with E-state index < -0.39 is 0 Å². The van der Waals surface area contributed by atoms with E-state index in [-0.39, 0.29) is 5.82 Å². The first-order valence-corrected chi connectivity index (χ1v) is 4.73. The Morgan fingerprint density at radius 3 is 2.71 bits per heavy atom. The number of aromatic nitrogens is 2. The summed E-state index contributed by atoms with van der Waals surface area (Å²) in [5, 5.41) is 3.91. The smallest absolute Gasteiger partial charge is 0.149 e. The lowest BCUT2D eigenvalue weighted by molar-refractivity contribution is 0.610. The Kier molecular flexibility index (Phi) is 2.25. The maximum absolute atomic E-state index is 13.4. The van der Waals surface area contributed by atoms with E-state index in [0.717, 1.165) is 0 Å². The van der Waals surface area contributed by atoms with Crippen LogP contribution in [-0.2, 0) is 0 Å². The first kappa shape index (κ1) is 9.21. The van der Waals surface area contributed by atoms with Crippen molar-refractivity contribution in [1.29, 1.82) is 0 Å². The summed E-state index contributed by atoms with van der Waals surface area (Å²) in [5.74, 6) is 0.0230. The molecule has 0 saturated carbocycles. The van der Waals surface area contributed by atoms with E-state index in [4.69, 9.17) is 5.73 Å². The van der Waals surface area contributed by atoms with Gasteiger partial charge in [-0.1, -0.05) is 15.9 Å². The molecular weight excluding hydrogens is 249 g/mol. The van der Waals surface area contributed by atoms with Gasteiger partial charge in [0, 0.05) is 16.7 Å². The second kappa shape index (κ2) is 3.42. The van der Waals surface area contributed by atoms with Crippen LogP contribution in [-0.4, -0.2) is 9.78 Å². The topological polar surface area (TPSA) is 43.8 Å². The summed E-state index contributed by atoms with van der Waals surface area (Å²) in [5.41, 5.74) is 5.81. The molecule has 5 heteroatoms. The number of nitrogens with two attached hydrogens (primary N) is 1. The van der Waals surface area contributed by atoms with E-state index in [1.807, 2.05) is 0 Å². The molecule has 0 atom stereocenters. The quantitative estimate of drug-likeness (QED) is 0.851. The Morgan fingerprint density at radius 2 is 2.14 bits per heavy atom. The molecule has 1 aromatic carbocycles. The largest absolute Gasteiger partial charge is 0.382 e. The third-order valence-corrected chi connectivity index (χ3v) is 2.26. The fourth-order valence-electron chi connectivity index (χ4n) is 1.14. The minimum Gasteiger partial charge on any atom is -0.382 e. The Labute approximate surface area is 88.5 Å². The van der Waals surface area contributed by atoms with E-state index >= 15 is 0 Å². The van der Waals surface area contributed by atoms with Crippen molar-refractivity contribution in [2.24, 2.45) is 0 Å². The molecule has 0 unspecified atom stereocenters. The third-order valence-electron chi connectivity index (χ3n) is 1.77. The van der Waals surface area contributed by atoms with Crippen molar-refractivity contribution in [1.82, 2.24) is 9.78 Å². The highest BCUT2D eigenvalue weighted by Crippen LogP contribution is 2.18. The van der Waals surface area contributed by atoms with E-state index in [0.29, 0.717) is 16.0 Å². The van der Waals surface area contributed by atoms with Crippen LogP contribution in [0.25, 0.3) is 5.69 Å². The molecule has 1 aromatic heterocycles. The Hall–Kier alpha value is -1.36. The zero-order valence-electron chi connectivity index (χ0n) is 7.11. The van der Waals surface area contributed by atoms with Crippen LogP contribution in [0.3, 0.4) is 0 Å². The molecule has 0 spiro atoms.